The van der Waals surface area contributed by atoms with Crippen molar-refractivity contribution in [1.82, 2.24) is 9.78 Å². The lowest BCUT2D eigenvalue weighted by Gasteiger charge is -2.05. The van der Waals surface area contributed by atoms with Gasteiger partial charge in [-0.25, -0.2) is 4.79 Å². The number of nitrogens with two attached hydrogens (primary N) is 1. The molecule has 0 bridgehead atoms. The third kappa shape index (κ3) is 1.88. The summed E-state index contributed by atoms with van der Waals surface area (Å²) in [4.78, 5) is 10.9. The topological polar surface area (TPSA) is 83.3 Å². The summed E-state index contributed by atoms with van der Waals surface area (Å²) in [6, 6.07) is 5.26. The number of benzene rings is 1. The van der Waals surface area contributed by atoms with E-state index < -0.39 is 0 Å². The summed E-state index contributed by atoms with van der Waals surface area (Å²) in [6.07, 6.45) is 0. The highest BCUT2D eigenvalue weighted by Crippen LogP contribution is 2.34. The number of ether oxygens (including phenoxy) is 1. The van der Waals surface area contributed by atoms with Crippen molar-refractivity contribution in [3.63, 3.8) is 0 Å². The molecule has 19 heavy (non-hydrogen) atoms. The smallest absolute Gasteiger partial charge is 0.396 e. The molecule has 98 valence electrons. The highest BCUT2D eigenvalue weighted by molar-refractivity contribution is 7.16. The fourth-order valence-electron chi connectivity index (χ4n) is 1.88. The van der Waals surface area contributed by atoms with E-state index in [1.54, 1.807) is 37.0 Å². The molecular formula is C12H11N3O3S. The minimum absolute atomic E-state index is 0.338. The van der Waals surface area contributed by atoms with E-state index in [9.17, 15) is 4.79 Å². The van der Waals surface area contributed by atoms with Crippen molar-refractivity contribution in [2.75, 3.05) is 12.8 Å². The van der Waals surface area contributed by atoms with Gasteiger partial charge in [-0.1, -0.05) is 11.3 Å². The quantitative estimate of drug-likeness (QED) is 0.772. The Morgan fingerprint density at radius 2 is 2.21 bits per heavy atom. The number of anilines is 1. The molecule has 3 aromatic rings. The largest absolute Gasteiger partial charge is 0.496 e. The summed E-state index contributed by atoms with van der Waals surface area (Å²) >= 11 is 1.04. The van der Waals surface area contributed by atoms with Gasteiger partial charge in [-0.3, -0.25) is 4.68 Å². The molecule has 2 aromatic heterocycles. The van der Waals surface area contributed by atoms with Crippen LogP contribution in [0.5, 0.6) is 5.75 Å². The van der Waals surface area contributed by atoms with E-state index in [2.05, 4.69) is 5.10 Å². The molecule has 1 aromatic carbocycles. The van der Waals surface area contributed by atoms with E-state index in [0.29, 0.717) is 22.8 Å². The van der Waals surface area contributed by atoms with E-state index in [0.717, 1.165) is 21.6 Å². The predicted octanol–water partition coefficient (Wildman–Crippen LogP) is 1.85. The molecule has 0 aliphatic carbocycles. The number of nitrogens with zero attached hydrogens (tertiary/aromatic N) is 2. The second kappa shape index (κ2) is 4.13. The number of aromatic nitrogens is 2. The van der Waals surface area contributed by atoms with Gasteiger partial charge < -0.3 is 14.9 Å². The number of hydrogen-bond donors (Lipinski definition) is 1. The first-order chi connectivity index (χ1) is 9.08. The van der Waals surface area contributed by atoms with E-state index in [-0.39, 0.29) is 4.94 Å². The molecule has 3 rings (SSSR count). The maximum atomic E-state index is 11.3. The molecular weight excluding hydrogens is 266 g/mol. The molecule has 0 unspecified atom stereocenters. The Morgan fingerprint density at radius 1 is 1.42 bits per heavy atom. The van der Waals surface area contributed by atoms with Crippen LogP contribution in [0.4, 0.5) is 5.82 Å². The van der Waals surface area contributed by atoms with E-state index in [4.69, 9.17) is 14.9 Å². The Labute approximate surface area is 112 Å². The van der Waals surface area contributed by atoms with Crippen molar-refractivity contribution in [2.45, 2.75) is 0 Å². The Bertz CT molecular complexity index is 796. The minimum atomic E-state index is -0.338. The van der Waals surface area contributed by atoms with Crippen LogP contribution in [0.3, 0.4) is 0 Å². The lowest BCUT2D eigenvalue weighted by Crippen LogP contribution is -1.96. The number of hydrogen-bond acceptors (Lipinski definition) is 6. The lowest BCUT2D eigenvalue weighted by molar-refractivity contribution is 0.416. The van der Waals surface area contributed by atoms with Crippen molar-refractivity contribution in [1.29, 1.82) is 0 Å². The molecule has 0 atom stereocenters. The van der Waals surface area contributed by atoms with Gasteiger partial charge in [0.25, 0.3) is 0 Å². The van der Waals surface area contributed by atoms with Gasteiger partial charge in [0.15, 0.2) is 0 Å². The van der Waals surface area contributed by atoms with E-state index >= 15 is 0 Å². The molecule has 0 aliphatic rings. The van der Waals surface area contributed by atoms with Crippen LogP contribution in [0.1, 0.15) is 0 Å². The number of rotatable bonds is 2. The van der Waals surface area contributed by atoms with Crippen LogP contribution < -0.4 is 15.4 Å². The molecule has 0 saturated carbocycles. The summed E-state index contributed by atoms with van der Waals surface area (Å²) in [5.41, 5.74) is 7.71. The van der Waals surface area contributed by atoms with E-state index in [1.165, 1.54) is 0 Å². The Balaban J connectivity index is 2.28. The summed E-state index contributed by atoms with van der Waals surface area (Å²) in [5, 5.41) is 4.30. The second-order valence-electron chi connectivity index (χ2n) is 4.03. The van der Waals surface area contributed by atoms with Crippen LogP contribution in [0, 0.1) is 0 Å². The zero-order chi connectivity index (χ0) is 13.6. The third-order valence-electron chi connectivity index (χ3n) is 2.84. The summed E-state index contributed by atoms with van der Waals surface area (Å²) in [5.74, 6) is 1.17. The fourth-order valence-corrected chi connectivity index (χ4v) is 2.56. The van der Waals surface area contributed by atoms with Gasteiger partial charge in [0.05, 0.1) is 17.5 Å². The molecule has 2 heterocycles. The molecule has 0 fully saturated rings. The standard InChI is InChI=1S/C12H11N3O3S/c1-15-11(13)4-7(14-15)6-3-9-10(5-8(6)17-2)19-12(16)18-9/h3-5H,13H2,1-2H3. The molecule has 2 N–H and O–H groups in total. The monoisotopic (exact) mass is 277 g/mol. The molecule has 6 nitrogen and oxygen atoms in total. The summed E-state index contributed by atoms with van der Waals surface area (Å²) in [7, 11) is 3.33. The zero-order valence-electron chi connectivity index (χ0n) is 10.3. The third-order valence-corrected chi connectivity index (χ3v) is 3.63. The zero-order valence-corrected chi connectivity index (χ0v) is 11.2. The molecule has 7 heteroatoms. The second-order valence-corrected chi connectivity index (χ2v) is 5.01. The van der Waals surface area contributed by atoms with Crippen LogP contribution in [-0.4, -0.2) is 16.9 Å². The highest BCUT2D eigenvalue weighted by atomic mass is 32.1. The maximum Gasteiger partial charge on any atom is 0.396 e. The number of methoxy groups -OCH3 is 1. The molecule has 0 aliphatic heterocycles. The Morgan fingerprint density at radius 3 is 2.84 bits per heavy atom. The van der Waals surface area contributed by atoms with Gasteiger partial charge in [-0.05, 0) is 6.07 Å². The van der Waals surface area contributed by atoms with Crippen LogP contribution in [0.15, 0.2) is 27.4 Å². The number of aryl methyl sites for hydroxylation is 1. The van der Waals surface area contributed by atoms with Crippen molar-refractivity contribution < 1.29 is 9.15 Å². The predicted molar refractivity (Wildman–Crippen MR) is 73.5 cm³/mol. The van der Waals surface area contributed by atoms with Crippen LogP contribution in [0.2, 0.25) is 0 Å². The number of nitrogen functional groups attached to an aromatic ring is 1. The van der Waals surface area contributed by atoms with E-state index in [1.807, 2.05) is 0 Å². The minimum Gasteiger partial charge on any atom is -0.496 e. The maximum absolute atomic E-state index is 11.3. The van der Waals surface area contributed by atoms with Crippen molar-refractivity contribution in [2.24, 2.45) is 7.05 Å². The summed E-state index contributed by atoms with van der Waals surface area (Å²) in [6.45, 7) is 0. The number of fused-ring (bicyclic) bond motifs is 1. The SMILES string of the molecule is COc1cc2sc(=O)oc2cc1-c1cc(N)n(C)n1. The Hall–Kier alpha value is -2.28. The van der Waals surface area contributed by atoms with Crippen LogP contribution in [-0.2, 0) is 7.05 Å². The van der Waals surface area contributed by atoms with Crippen LogP contribution >= 0.6 is 11.3 Å². The first-order valence-corrected chi connectivity index (χ1v) is 6.31. The lowest BCUT2D eigenvalue weighted by atomic mass is 10.1. The molecule has 0 spiro atoms. The first kappa shape index (κ1) is 11.8. The van der Waals surface area contributed by atoms with Gasteiger partial charge in [0.2, 0.25) is 0 Å². The first-order valence-electron chi connectivity index (χ1n) is 5.50. The van der Waals surface area contributed by atoms with Gasteiger partial charge >= 0.3 is 4.94 Å². The van der Waals surface area contributed by atoms with Crippen molar-refractivity contribution in [3.8, 4) is 17.0 Å². The molecule has 0 radical (unpaired) electrons. The average molecular weight is 277 g/mol. The fraction of sp³-hybridized carbons (Fsp3) is 0.167. The summed E-state index contributed by atoms with van der Waals surface area (Å²) < 4.78 is 12.8. The average Bonchev–Trinajstić information content (AvgIpc) is 2.89. The molecule has 0 saturated heterocycles. The van der Waals surface area contributed by atoms with Crippen LogP contribution in [0.25, 0.3) is 21.5 Å². The Kier molecular flexibility index (Phi) is 2.56. The van der Waals surface area contributed by atoms with Gasteiger partial charge in [-0.15, -0.1) is 0 Å². The highest BCUT2D eigenvalue weighted by Gasteiger charge is 2.14. The molecule has 0 amide bonds. The van der Waals surface area contributed by atoms with Gasteiger partial charge in [0, 0.05) is 24.7 Å². The normalized spacial score (nSPS) is 11.1. The van der Waals surface area contributed by atoms with Crippen molar-refractivity contribution >= 4 is 27.4 Å². The van der Waals surface area contributed by atoms with Crippen molar-refractivity contribution in [3.05, 3.63) is 27.9 Å². The van der Waals surface area contributed by atoms with Gasteiger partial charge in [0.1, 0.15) is 17.2 Å². The van der Waals surface area contributed by atoms with Gasteiger partial charge in [-0.2, -0.15) is 5.10 Å².